The number of fused-ring (bicyclic) bond motifs is 1. The number of benzene rings is 1. The van der Waals surface area contributed by atoms with Gasteiger partial charge in [-0.3, -0.25) is 4.79 Å². The maximum atomic E-state index is 12.0. The molecule has 1 N–H and O–H groups in total. The van der Waals surface area contributed by atoms with E-state index in [0.717, 1.165) is 42.3 Å². The number of nitrogens with zero attached hydrogens (tertiary/aromatic N) is 1. The van der Waals surface area contributed by atoms with Crippen LogP contribution in [-0.4, -0.2) is 30.2 Å². The summed E-state index contributed by atoms with van der Waals surface area (Å²) >= 11 is 0. The smallest absolute Gasteiger partial charge is 0.224 e. The Bertz CT molecular complexity index is 604. The van der Waals surface area contributed by atoms with Crippen LogP contribution in [0.5, 0.6) is 0 Å². The number of aryl methyl sites for hydroxylation is 1. The molecule has 0 saturated carbocycles. The normalized spacial score (nSPS) is 11.0. The minimum absolute atomic E-state index is 0.0740. The molecule has 0 radical (unpaired) electrons. The molecule has 0 unspecified atom stereocenters. The molecule has 0 spiro atoms. The number of carbonyl (C=O) groups excluding carboxylic acids is 1. The quantitative estimate of drug-likeness (QED) is 0.724. The van der Waals surface area contributed by atoms with Crippen LogP contribution >= 0.6 is 0 Å². The Balaban J connectivity index is 1.75. The van der Waals surface area contributed by atoms with Crippen molar-refractivity contribution < 1.29 is 9.53 Å². The molecule has 1 aromatic heterocycles. The summed E-state index contributed by atoms with van der Waals surface area (Å²) in [6, 6.07) is 8.17. The zero-order valence-corrected chi connectivity index (χ0v) is 13.6. The summed E-state index contributed by atoms with van der Waals surface area (Å²) in [4.78, 5) is 12.0. The van der Waals surface area contributed by atoms with E-state index in [9.17, 15) is 4.79 Å². The first-order chi connectivity index (χ1) is 10.7. The van der Waals surface area contributed by atoms with Gasteiger partial charge in [0.25, 0.3) is 0 Å². The summed E-state index contributed by atoms with van der Waals surface area (Å²) in [5.41, 5.74) is 2.24. The van der Waals surface area contributed by atoms with Gasteiger partial charge in [0.1, 0.15) is 0 Å². The molecule has 1 amide bonds. The Labute approximate surface area is 132 Å². The molecule has 2 aromatic rings. The molecule has 0 aliphatic rings. The second kappa shape index (κ2) is 8.59. The number of hydrogen-bond acceptors (Lipinski definition) is 2. The second-order valence-electron chi connectivity index (χ2n) is 5.63. The van der Waals surface area contributed by atoms with E-state index in [4.69, 9.17) is 4.74 Å². The highest BCUT2D eigenvalue weighted by molar-refractivity contribution is 5.89. The number of para-hydroxylation sites is 1. The minimum atomic E-state index is 0.0740. The van der Waals surface area contributed by atoms with E-state index in [1.165, 1.54) is 0 Å². The number of aromatic nitrogens is 1. The van der Waals surface area contributed by atoms with E-state index in [1.807, 2.05) is 25.4 Å². The van der Waals surface area contributed by atoms with Gasteiger partial charge in [-0.15, -0.1) is 0 Å². The van der Waals surface area contributed by atoms with E-state index < -0.39 is 0 Å². The fourth-order valence-electron chi connectivity index (χ4n) is 2.55. The lowest BCUT2D eigenvalue weighted by Gasteiger charge is -2.05. The molecule has 4 nitrogen and oxygen atoms in total. The average Bonchev–Trinajstić information content (AvgIpc) is 2.83. The molecule has 2 rings (SSSR count). The minimum Gasteiger partial charge on any atom is -0.381 e. The van der Waals surface area contributed by atoms with Crippen molar-refractivity contribution >= 4 is 16.8 Å². The van der Waals surface area contributed by atoms with E-state index in [1.54, 1.807) is 0 Å². The van der Waals surface area contributed by atoms with Crippen LogP contribution in [0.4, 0.5) is 0 Å². The van der Waals surface area contributed by atoms with E-state index >= 15 is 0 Å². The Morgan fingerprint density at radius 2 is 2.00 bits per heavy atom. The van der Waals surface area contributed by atoms with Crippen molar-refractivity contribution in [3.63, 3.8) is 0 Å². The third-order valence-corrected chi connectivity index (χ3v) is 3.76. The zero-order chi connectivity index (χ0) is 15.8. The summed E-state index contributed by atoms with van der Waals surface area (Å²) in [5, 5.41) is 4.12. The topological polar surface area (TPSA) is 43.3 Å². The summed E-state index contributed by atoms with van der Waals surface area (Å²) in [6.07, 6.45) is 5.59. The third kappa shape index (κ3) is 4.60. The fourth-order valence-corrected chi connectivity index (χ4v) is 2.55. The summed E-state index contributed by atoms with van der Waals surface area (Å²) in [7, 11) is 2.01. The Kier molecular flexibility index (Phi) is 6.46. The number of nitrogens with one attached hydrogen (secondary N) is 1. The Morgan fingerprint density at radius 1 is 1.23 bits per heavy atom. The van der Waals surface area contributed by atoms with Crippen molar-refractivity contribution in [2.24, 2.45) is 7.05 Å². The van der Waals surface area contributed by atoms with E-state index in [-0.39, 0.29) is 5.91 Å². The van der Waals surface area contributed by atoms with E-state index in [0.29, 0.717) is 19.6 Å². The van der Waals surface area contributed by atoms with E-state index in [2.05, 4.69) is 28.9 Å². The third-order valence-electron chi connectivity index (χ3n) is 3.76. The standard InChI is InChI=1S/C18H26N2O2/c1-3-4-11-22-12-7-10-19-18(21)13-15-14-20(2)17-9-6-5-8-16(15)17/h5-6,8-9,14H,3-4,7,10-13H2,1-2H3,(H,19,21). The highest BCUT2D eigenvalue weighted by Crippen LogP contribution is 2.20. The van der Waals surface area contributed by atoms with Gasteiger partial charge in [0, 0.05) is 43.9 Å². The monoisotopic (exact) mass is 302 g/mol. The maximum absolute atomic E-state index is 12.0. The molecule has 0 atom stereocenters. The maximum Gasteiger partial charge on any atom is 0.224 e. The molecule has 0 fully saturated rings. The molecule has 1 aromatic carbocycles. The van der Waals surface area contributed by atoms with Gasteiger partial charge in [-0.1, -0.05) is 31.5 Å². The number of carbonyl (C=O) groups is 1. The molecule has 0 saturated heterocycles. The molecule has 22 heavy (non-hydrogen) atoms. The van der Waals surface area contributed by atoms with Gasteiger partial charge >= 0.3 is 0 Å². The van der Waals surface area contributed by atoms with Crippen molar-refractivity contribution in [2.75, 3.05) is 19.8 Å². The zero-order valence-electron chi connectivity index (χ0n) is 13.6. The highest BCUT2D eigenvalue weighted by atomic mass is 16.5. The number of rotatable bonds is 9. The SMILES string of the molecule is CCCCOCCCNC(=O)Cc1cn(C)c2ccccc12. The molecule has 0 aliphatic carbocycles. The number of amides is 1. The predicted octanol–water partition coefficient (Wildman–Crippen LogP) is 3.04. The van der Waals surface area contributed by atoms with Crippen LogP contribution in [0, 0.1) is 0 Å². The molecule has 120 valence electrons. The van der Waals surface area contributed by atoms with Crippen LogP contribution < -0.4 is 5.32 Å². The van der Waals surface area contributed by atoms with Crippen LogP contribution in [0.1, 0.15) is 31.7 Å². The number of ether oxygens (including phenoxy) is 1. The lowest BCUT2D eigenvalue weighted by atomic mass is 10.1. The lowest BCUT2D eigenvalue weighted by Crippen LogP contribution is -2.26. The van der Waals surface area contributed by atoms with Crippen molar-refractivity contribution in [3.8, 4) is 0 Å². The molecule has 0 aliphatic heterocycles. The molecule has 1 heterocycles. The first-order valence-corrected chi connectivity index (χ1v) is 8.09. The van der Waals surface area contributed by atoms with Crippen LogP contribution in [0.15, 0.2) is 30.5 Å². The summed E-state index contributed by atoms with van der Waals surface area (Å²) in [6.45, 7) is 4.36. The van der Waals surface area contributed by atoms with Gasteiger partial charge in [0.05, 0.1) is 6.42 Å². The van der Waals surface area contributed by atoms with Gasteiger partial charge in [-0.2, -0.15) is 0 Å². The fraction of sp³-hybridized carbons (Fsp3) is 0.500. The Hall–Kier alpha value is -1.81. The van der Waals surface area contributed by atoms with Crippen LogP contribution in [0.2, 0.25) is 0 Å². The van der Waals surface area contributed by atoms with Crippen molar-refractivity contribution in [2.45, 2.75) is 32.6 Å². The summed E-state index contributed by atoms with van der Waals surface area (Å²) in [5.74, 6) is 0.0740. The van der Waals surface area contributed by atoms with Gasteiger partial charge < -0.3 is 14.6 Å². The van der Waals surface area contributed by atoms with Crippen molar-refractivity contribution in [3.05, 3.63) is 36.0 Å². The molecule has 4 heteroatoms. The molecular formula is C18H26N2O2. The van der Waals surface area contributed by atoms with Gasteiger partial charge in [-0.25, -0.2) is 0 Å². The van der Waals surface area contributed by atoms with Crippen molar-refractivity contribution in [1.82, 2.24) is 9.88 Å². The first-order valence-electron chi connectivity index (χ1n) is 8.09. The lowest BCUT2D eigenvalue weighted by molar-refractivity contribution is -0.120. The average molecular weight is 302 g/mol. The van der Waals surface area contributed by atoms with Gasteiger partial charge in [0.15, 0.2) is 0 Å². The van der Waals surface area contributed by atoms with Crippen LogP contribution in [0.25, 0.3) is 10.9 Å². The van der Waals surface area contributed by atoms with Crippen LogP contribution in [0.3, 0.4) is 0 Å². The molecular weight excluding hydrogens is 276 g/mol. The van der Waals surface area contributed by atoms with Gasteiger partial charge in [0.2, 0.25) is 5.91 Å². The Morgan fingerprint density at radius 3 is 2.82 bits per heavy atom. The summed E-state index contributed by atoms with van der Waals surface area (Å²) < 4.78 is 7.55. The number of unbranched alkanes of at least 4 members (excludes halogenated alkanes) is 1. The predicted molar refractivity (Wildman–Crippen MR) is 90.0 cm³/mol. The largest absolute Gasteiger partial charge is 0.381 e. The van der Waals surface area contributed by atoms with Crippen LogP contribution in [-0.2, 0) is 23.0 Å². The van der Waals surface area contributed by atoms with Crippen molar-refractivity contribution in [1.29, 1.82) is 0 Å². The second-order valence-corrected chi connectivity index (χ2v) is 5.63. The molecule has 0 bridgehead atoms. The van der Waals surface area contributed by atoms with Gasteiger partial charge in [-0.05, 0) is 24.5 Å². The first kappa shape index (κ1) is 16.6. The highest BCUT2D eigenvalue weighted by Gasteiger charge is 2.09. The number of hydrogen-bond donors (Lipinski definition) is 1.